The second-order valence-electron chi connectivity index (χ2n) is 3.81. The molecule has 0 saturated heterocycles. The molecule has 0 unspecified atom stereocenters. The average Bonchev–Trinajstić information content (AvgIpc) is 2.33. The molecule has 0 saturated carbocycles. The predicted molar refractivity (Wildman–Crippen MR) is 71.9 cm³/mol. The Balaban J connectivity index is 2.39. The molecule has 3 heteroatoms. The highest BCUT2D eigenvalue weighted by molar-refractivity contribution is 5.70. The summed E-state index contributed by atoms with van der Waals surface area (Å²) in [6, 6.07) is 13.5. The zero-order chi connectivity index (χ0) is 12.3. The smallest absolute Gasteiger partial charge is 0.142 e. The van der Waals surface area contributed by atoms with Crippen LogP contribution in [0.15, 0.2) is 42.5 Å². The molecule has 0 aliphatic heterocycles. The summed E-state index contributed by atoms with van der Waals surface area (Å²) in [6.07, 6.45) is 0. The van der Waals surface area contributed by atoms with Gasteiger partial charge in [-0.25, -0.2) is 0 Å². The van der Waals surface area contributed by atoms with Crippen LogP contribution in [0.3, 0.4) is 0 Å². The van der Waals surface area contributed by atoms with Gasteiger partial charge in [0.25, 0.3) is 0 Å². The summed E-state index contributed by atoms with van der Waals surface area (Å²) in [5.74, 6) is 0.724. The number of nitrogen functional groups attached to an aromatic ring is 2. The third-order valence-corrected chi connectivity index (χ3v) is 2.56. The van der Waals surface area contributed by atoms with E-state index in [1.165, 1.54) is 0 Å². The number of ether oxygens (including phenoxy) is 1. The minimum atomic E-state index is 0.607. The van der Waals surface area contributed by atoms with Crippen molar-refractivity contribution in [2.75, 3.05) is 18.1 Å². The van der Waals surface area contributed by atoms with Crippen molar-refractivity contribution in [2.45, 2.75) is 6.92 Å². The van der Waals surface area contributed by atoms with Crippen LogP contribution in [0.2, 0.25) is 0 Å². The van der Waals surface area contributed by atoms with Crippen molar-refractivity contribution in [1.29, 1.82) is 0 Å². The van der Waals surface area contributed by atoms with Crippen LogP contribution in [0.1, 0.15) is 6.92 Å². The maximum Gasteiger partial charge on any atom is 0.142 e. The second-order valence-corrected chi connectivity index (χ2v) is 3.81. The van der Waals surface area contributed by atoms with Crippen LogP contribution < -0.4 is 16.2 Å². The van der Waals surface area contributed by atoms with Crippen molar-refractivity contribution < 1.29 is 4.74 Å². The molecule has 0 aromatic heterocycles. The lowest BCUT2D eigenvalue weighted by molar-refractivity contribution is 0.342. The minimum absolute atomic E-state index is 0.607. The molecule has 0 amide bonds. The van der Waals surface area contributed by atoms with Crippen molar-refractivity contribution in [3.8, 4) is 16.9 Å². The van der Waals surface area contributed by atoms with Crippen molar-refractivity contribution in [1.82, 2.24) is 0 Å². The summed E-state index contributed by atoms with van der Waals surface area (Å²) < 4.78 is 5.47. The average molecular weight is 228 g/mol. The zero-order valence-corrected chi connectivity index (χ0v) is 9.81. The molecule has 0 spiro atoms. The zero-order valence-electron chi connectivity index (χ0n) is 9.81. The van der Waals surface area contributed by atoms with Gasteiger partial charge in [0, 0.05) is 5.69 Å². The Bertz CT molecular complexity index is 506. The van der Waals surface area contributed by atoms with Crippen LogP contribution in [0.5, 0.6) is 5.75 Å². The fourth-order valence-corrected chi connectivity index (χ4v) is 1.67. The molecule has 2 aromatic carbocycles. The topological polar surface area (TPSA) is 61.3 Å². The van der Waals surface area contributed by atoms with E-state index < -0.39 is 0 Å². The quantitative estimate of drug-likeness (QED) is 0.794. The first-order valence-electron chi connectivity index (χ1n) is 5.59. The Kier molecular flexibility index (Phi) is 3.19. The van der Waals surface area contributed by atoms with Crippen molar-refractivity contribution in [2.24, 2.45) is 0 Å². The summed E-state index contributed by atoms with van der Waals surface area (Å²) in [7, 11) is 0. The van der Waals surface area contributed by atoms with Gasteiger partial charge in [-0.3, -0.25) is 0 Å². The number of hydrogen-bond donors (Lipinski definition) is 2. The Morgan fingerprint density at radius 2 is 1.59 bits per heavy atom. The number of nitrogens with two attached hydrogens (primary N) is 2. The van der Waals surface area contributed by atoms with Gasteiger partial charge in [0.15, 0.2) is 0 Å². The lowest BCUT2D eigenvalue weighted by Crippen LogP contribution is -1.97. The molecule has 88 valence electrons. The van der Waals surface area contributed by atoms with E-state index in [9.17, 15) is 0 Å². The lowest BCUT2D eigenvalue weighted by Gasteiger charge is -2.09. The van der Waals surface area contributed by atoms with E-state index >= 15 is 0 Å². The van der Waals surface area contributed by atoms with Gasteiger partial charge < -0.3 is 16.2 Å². The normalized spacial score (nSPS) is 10.2. The van der Waals surface area contributed by atoms with Gasteiger partial charge in [-0.15, -0.1) is 0 Å². The van der Waals surface area contributed by atoms with Crippen molar-refractivity contribution >= 4 is 11.4 Å². The molecule has 2 rings (SSSR count). The molecule has 2 aromatic rings. The monoisotopic (exact) mass is 228 g/mol. The van der Waals surface area contributed by atoms with E-state index in [-0.39, 0.29) is 0 Å². The Morgan fingerprint density at radius 3 is 2.24 bits per heavy atom. The third kappa shape index (κ3) is 2.50. The second kappa shape index (κ2) is 4.78. The SMILES string of the molecule is CCOc1cc(-c2ccc(N)cc2)ccc1N. The summed E-state index contributed by atoms with van der Waals surface area (Å²) in [5.41, 5.74) is 15.1. The van der Waals surface area contributed by atoms with Gasteiger partial charge in [-0.2, -0.15) is 0 Å². The molecule has 17 heavy (non-hydrogen) atoms. The molecule has 0 aliphatic carbocycles. The number of benzene rings is 2. The van der Waals surface area contributed by atoms with Crippen LogP contribution in [-0.2, 0) is 0 Å². The summed E-state index contributed by atoms with van der Waals surface area (Å²) in [5, 5.41) is 0. The third-order valence-electron chi connectivity index (χ3n) is 2.56. The van der Waals surface area contributed by atoms with E-state index in [4.69, 9.17) is 16.2 Å². The largest absolute Gasteiger partial charge is 0.492 e. The van der Waals surface area contributed by atoms with Crippen molar-refractivity contribution in [3.63, 3.8) is 0 Å². The fourth-order valence-electron chi connectivity index (χ4n) is 1.67. The molecule has 0 bridgehead atoms. The van der Waals surface area contributed by atoms with Gasteiger partial charge in [0.1, 0.15) is 5.75 Å². The lowest BCUT2D eigenvalue weighted by atomic mass is 10.0. The summed E-state index contributed by atoms with van der Waals surface area (Å²) >= 11 is 0. The molecule has 0 heterocycles. The number of anilines is 2. The van der Waals surface area contributed by atoms with E-state index in [1.807, 2.05) is 49.4 Å². The van der Waals surface area contributed by atoms with E-state index in [0.717, 1.165) is 22.6 Å². The van der Waals surface area contributed by atoms with Gasteiger partial charge in [-0.05, 0) is 42.3 Å². The van der Waals surface area contributed by atoms with E-state index in [2.05, 4.69) is 0 Å². The van der Waals surface area contributed by atoms with Crippen LogP contribution in [0, 0.1) is 0 Å². The first-order valence-corrected chi connectivity index (χ1v) is 5.59. The van der Waals surface area contributed by atoms with Crippen LogP contribution in [0.4, 0.5) is 11.4 Å². The highest BCUT2D eigenvalue weighted by Gasteiger charge is 2.03. The van der Waals surface area contributed by atoms with Crippen LogP contribution >= 0.6 is 0 Å². The molecule has 3 nitrogen and oxygen atoms in total. The maximum absolute atomic E-state index is 5.83. The Labute approximate surface area is 101 Å². The molecule has 0 radical (unpaired) electrons. The number of rotatable bonds is 3. The molecular weight excluding hydrogens is 212 g/mol. The summed E-state index contributed by atoms with van der Waals surface area (Å²) in [6.45, 7) is 2.55. The molecule has 4 N–H and O–H groups in total. The van der Waals surface area contributed by atoms with Gasteiger partial charge in [0.05, 0.1) is 12.3 Å². The van der Waals surface area contributed by atoms with Crippen molar-refractivity contribution in [3.05, 3.63) is 42.5 Å². The first-order chi connectivity index (χ1) is 8.20. The highest BCUT2D eigenvalue weighted by atomic mass is 16.5. The van der Waals surface area contributed by atoms with Gasteiger partial charge >= 0.3 is 0 Å². The Morgan fingerprint density at radius 1 is 0.941 bits per heavy atom. The minimum Gasteiger partial charge on any atom is -0.492 e. The van der Waals surface area contributed by atoms with E-state index in [0.29, 0.717) is 12.3 Å². The molecule has 0 aliphatic rings. The standard InChI is InChI=1S/C14H16N2O/c1-2-17-14-9-11(5-8-13(14)16)10-3-6-12(15)7-4-10/h3-9H,2,15-16H2,1H3. The van der Waals surface area contributed by atoms with Gasteiger partial charge in [-0.1, -0.05) is 18.2 Å². The predicted octanol–water partition coefficient (Wildman–Crippen LogP) is 2.92. The maximum atomic E-state index is 5.83. The fraction of sp³-hybridized carbons (Fsp3) is 0.143. The molecule has 0 atom stereocenters. The first kappa shape index (κ1) is 11.3. The number of hydrogen-bond acceptors (Lipinski definition) is 3. The summed E-state index contributed by atoms with van der Waals surface area (Å²) in [4.78, 5) is 0. The Hall–Kier alpha value is -2.16. The van der Waals surface area contributed by atoms with Crippen LogP contribution in [0.25, 0.3) is 11.1 Å². The van der Waals surface area contributed by atoms with Gasteiger partial charge in [0.2, 0.25) is 0 Å². The molecular formula is C14H16N2O. The highest BCUT2D eigenvalue weighted by Crippen LogP contribution is 2.29. The van der Waals surface area contributed by atoms with E-state index in [1.54, 1.807) is 0 Å². The van der Waals surface area contributed by atoms with Crippen LogP contribution in [-0.4, -0.2) is 6.61 Å². The molecule has 0 fully saturated rings.